The van der Waals surface area contributed by atoms with E-state index >= 15 is 0 Å². The number of thioether (sulfide) groups is 2. The molecule has 0 fully saturated rings. The fraction of sp³-hybridized carbons (Fsp3) is 0. The first kappa shape index (κ1) is 12.7. The molecular weight excluding hydrogens is 262 g/mol. The van der Waals surface area contributed by atoms with E-state index in [1.807, 2.05) is 41.8 Å². The van der Waals surface area contributed by atoms with E-state index in [1.165, 1.54) is 11.8 Å². The SMILES string of the molecule is N#CSc1ccccc1C(=O)Sc1ccccc1. The van der Waals surface area contributed by atoms with Gasteiger partial charge in [0.25, 0.3) is 0 Å². The molecule has 18 heavy (non-hydrogen) atoms. The van der Waals surface area contributed by atoms with Crippen LogP contribution >= 0.6 is 23.5 Å². The van der Waals surface area contributed by atoms with E-state index in [1.54, 1.807) is 18.2 Å². The lowest BCUT2D eigenvalue weighted by Gasteiger charge is -2.04. The van der Waals surface area contributed by atoms with Crippen molar-refractivity contribution in [2.75, 3.05) is 0 Å². The molecule has 0 unspecified atom stereocenters. The third kappa shape index (κ3) is 3.16. The predicted molar refractivity (Wildman–Crippen MR) is 74.5 cm³/mol. The molecule has 2 aromatic rings. The van der Waals surface area contributed by atoms with Crippen LogP contribution in [0.1, 0.15) is 10.4 Å². The average Bonchev–Trinajstić information content (AvgIpc) is 2.41. The Balaban J connectivity index is 2.22. The number of nitriles is 1. The van der Waals surface area contributed by atoms with Crippen molar-refractivity contribution in [3.8, 4) is 5.40 Å². The number of hydrogen-bond donors (Lipinski definition) is 0. The minimum absolute atomic E-state index is 0.0421. The molecule has 0 aliphatic heterocycles. The van der Waals surface area contributed by atoms with Crippen LogP contribution in [0.2, 0.25) is 0 Å². The number of nitrogens with zero attached hydrogens (tertiary/aromatic N) is 1. The minimum Gasteiger partial charge on any atom is -0.281 e. The summed E-state index contributed by atoms with van der Waals surface area (Å²) in [4.78, 5) is 13.8. The molecule has 0 spiro atoms. The van der Waals surface area contributed by atoms with Gasteiger partial charge in [0, 0.05) is 15.4 Å². The summed E-state index contributed by atoms with van der Waals surface area (Å²) in [5, 5.41) is 10.7. The monoisotopic (exact) mass is 271 g/mol. The molecule has 0 aliphatic carbocycles. The van der Waals surface area contributed by atoms with Gasteiger partial charge in [-0.1, -0.05) is 30.3 Å². The minimum atomic E-state index is -0.0421. The molecular formula is C14H9NOS2. The molecule has 0 saturated heterocycles. The molecule has 0 heterocycles. The topological polar surface area (TPSA) is 40.9 Å². The maximum absolute atomic E-state index is 12.1. The number of rotatable bonds is 3. The number of thiocyanates is 1. The van der Waals surface area contributed by atoms with Crippen LogP contribution < -0.4 is 0 Å². The lowest BCUT2D eigenvalue weighted by atomic mass is 10.2. The van der Waals surface area contributed by atoms with Crippen LogP contribution in [0.15, 0.2) is 64.4 Å². The molecule has 0 N–H and O–H groups in total. The van der Waals surface area contributed by atoms with Gasteiger partial charge in [0.2, 0.25) is 5.12 Å². The standard InChI is InChI=1S/C14H9NOS2/c15-10-17-13-9-5-4-8-12(13)14(16)18-11-6-2-1-3-7-11/h1-9H. The van der Waals surface area contributed by atoms with Crippen molar-refractivity contribution in [3.63, 3.8) is 0 Å². The van der Waals surface area contributed by atoms with Crippen LogP contribution in [0.5, 0.6) is 0 Å². The molecule has 0 saturated carbocycles. The van der Waals surface area contributed by atoms with Crippen molar-refractivity contribution in [2.45, 2.75) is 9.79 Å². The fourth-order valence-corrected chi connectivity index (χ4v) is 2.80. The highest BCUT2D eigenvalue weighted by Crippen LogP contribution is 2.28. The van der Waals surface area contributed by atoms with Crippen molar-refractivity contribution >= 4 is 28.6 Å². The molecule has 0 amide bonds. The summed E-state index contributed by atoms with van der Waals surface area (Å²) < 4.78 is 0. The molecule has 0 aliphatic rings. The van der Waals surface area contributed by atoms with Gasteiger partial charge in [-0.2, -0.15) is 5.26 Å². The number of hydrogen-bond acceptors (Lipinski definition) is 4. The molecule has 4 heteroatoms. The summed E-state index contributed by atoms with van der Waals surface area (Å²) in [5.74, 6) is 0. The van der Waals surface area contributed by atoms with Crippen LogP contribution in [0.4, 0.5) is 0 Å². The molecule has 0 bridgehead atoms. The number of carbonyl (C=O) groups is 1. The average molecular weight is 271 g/mol. The Bertz CT molecular complexity index is 590. The Morgan fingerprint density at radius 2 is 1.67 bits per heavy atom. The highest BCUT2D eigenvalue weighted by Gasteiger charge is 2.12. The first-order valence-electron chi connectivity index (χ1n) is 5.23. The van der Waals surface area contributed by atoms with Crippen LogP contribution in [0.25, 0.3) is 0 Å². The zero-order chi connectivity index (χ0) is 12.8. The van der Waals surface area contributed by atoms with Crippen molar-refractivity contribution < 1.29 is 4.79 Å². The summed E-state index contributed by atoms with van der Waals surface area (Å²) in [6.07, 6.45) is 0. The van der Waals surface area contributed by atoms with Crippen molar-refractivity contribution in [2.24, 2.45) is 0 Å². The quantitative estimate of drug-likeness (QED) is 0.620. The van der Waals surface area contributed by atoms with Crippen molar-refractivity contribution in [3.05, 3.63) is 60.2 Å². The Morgan fingerprint density at radius 1 is 1.00 bits per heavy atom. The van der Waals surface area contributed by atoms with Gasteiger partial charge < -0.3 is 0 Å². The lowest BCUT2D eigenvalue weighted by molar-refractivity contribution is 0.108. The normalized spacial score (nSPS) is 9.72. The van der Waals surface area contributed by atoms with E-state index in [9.17, 15) is 4.79 Å². The molecule has 0 radical (unpaired) electrons. The van der Waals surface area contributed by atoms with Crippen LogP contribution in [0, 0.1) is 10.7 Å². The Kier molecular flexibility index (Phi) is 4.46. The third-order valence-corrected chi connectivity index (χ3v) is 3.80. The van der Waals surface area contributed by atoms with Gasteiger partial charge in [-0.25, -0.2) is 0 Å². The molecule has 2 nitrogen and oxygen atoms in total. The smallest absolute Gasteiger partial charge is 0.225 e. The Hall–Kier alpha value is -1.70. The Morgan fingerprint density at radius 3 is 2.39 bits per heavy atom. The van der Waals surface area contributed by atoms with Gasteiger partial charge in [0.05, 0.1) is 0 Å². The van der Waals surface area contributed by atoms with Gasteiger partial charge in [-0.3, -0.25) is 4.79 Å². The summed E-state index contributed by atoms with van der Waals surface area (Å²) in [7, 11) is 0. The van der Waals surface area contributed by atoms with Gasteiger partial charge >= 0.3 is 0 Å². The second-order valence-electron chi connectivity index (χ2n) is 3.39. The highest BCUT2D eigenvalue weighted by atomic mass is 32.2. The zero-order valence-electron chi connectivity index (χ0n) is 9.37. The largest absolute Gasteiger partial charge is 0.281 e. The molecule has 0 aromatic heterocycles. The van der Waals surface area contributed by atoms with Crippen molar-refractivity contribution in [1.82, 2.24) is 0 Å². The summed E-state index contributed by atoms with van der Waals surface area (Å²) in [5.41, 5.74) is 0.581. The van der Waals surface area contributed by atoms with Crippen LogP contribution in [-0.4, -0.2) is 5.12 Å². The van der Waals surface area contributed by atoms with Gasteiger partial charge in [-0.05, 0) is 47.8 Å². The summed E-state index contributed by atoms with van der Waals surface area (Å²) in [6, 6.07) is 16.6. The van der Waals surface area contributed by atoms with E-state index in [-0.39, 0.29) is 5.12 Å². The molecule has 2 aromatic carbocycles. The van der Waals surface area contributed by atoms with Crippen LogP contribution in [0.3, 0.4) is 0 Å². The van der Waals surface area contributed by atoms with Gasteiger partial charge in [-0.15, -0.1) is 0 Å². The predicted octanol–water partition coefficient (Wildman–Crippen LogP) is 4.19. The first-order chi connectivity index (χ1) is 8.81. The third-order valence-electron chi connectivity index (χ3n) is 2.22. The van der Waals surface area contributed by atoms with E-state index in [0.717, 1.165) is 16.7 Å². The summed E-state index contributed by atoms with van der Waals surface area (Å²) >= 11 is 2.19. The van der Waals surface area contributed by atoms with Gasteiger partial charge in [0.15, 0.2) is 0 Å². The second-order valence-corrected chi connectivity index (χ2v) is 5.26. The lowest BCUT2D eigenvalue weighted by Crippen LogP contribution is -1.95. The second kappa shape index (κ2) is 6.29. The zero-order valence-corrected chi connectivity index (χ0v) is 11.0. The molecule has 2 rings (SSSR count). The fourth-order valence-electron chi connectivity index (χ4n) is 1.42. The van der Waals surface area contributed by atoms with Crippen LogP contribution in [-0.2, 0) is 0 Å². The number of benzene rings is 2. The van der Waals surface area contributed by atoms with E-state index in [2.05, 4.69) is 0 Å². The van der Waals surface area contributed by atoms with Crippen molar-refractivity contribution in [1.29, 1.82) is 5.26 Å². The first-order valence-corrected chi connectivity index (χ1v) is 6.87. The number of carbonyl (C=O) groups excluding carboxylic acids is 1. The van der Waals surface area contributed by atoms with Gasteiger partial charge in [0.1, 0.15) is 5.40 Å². The molecule has 0 atom stereocenters. The van der Waals surface area contributed by atoms with E-state index in [0.29, 0.717) is 10.5 Å². The maximum Gasteiger partial charge on any atom is 0.225 e. The Labute approximate surface area is 114 Å². The summed E-state index contributed by atoms with van der Waals surface area (Å²) in [6.45, 7) is 0. The molecule has 88 valence electrons. The van der Waals surface area contributed by atoms with E-state index in [4.69, 9.17) is 5.26 Å². The van der Waals surface area contributed by atoms with E-state index < -0.39 is 0 Å². The maximum atomic E-state index is 12.1. The highest BCUT2D eigenvalue weighted by molar-refractivity contribution is 8.14.